The van der Waals surface area contributed by atoms with Gasteiger partial charge in [-0.2, -0.15) is 0 Å². The number of hydrogen-bond donors (Lipinski definition) is 4. The first kappa shape index (κ1) is 28.3. The van der Waals surface area contributed by atoms with Crippen LogP contribution in [0.1, 0.15) is 43.1 Å². The number of fused-ring (bicyclic) bond motifs is 1. The standard InChI is InChI=1S/C28H32FN9O2/c1-5-28(3,20-8-6-7-19-24(26(40)30-4)21(29)14-33-25(19)20)15-36-23-11-22(37-16-38-23)18-12-34-27(35-13-18)32-10-9-31-17(2)39/h6-8,11-14,16H,5,9-10,15H2,1-4H3,(H,30,40)(H,31,39)(H,32,34,35)(H,36,37,38)/t28-/m0/s1. The number of pyridine rings is 1. The molecule has 11 nitrogen and oxygen atoms in total. The van der Waals surface area contributed by atoms with E-state index in [9.17, 15) is 14.0 Å². The molecule has 3 aromatic heterocycles. The summed E-state index contributed by atoms with van der Waals surface area (Å²) in [5, 5.41) is 12.1. The van der Waals surface area contributed by atoms with Crippen molar-refractivity contribution in [1.29, 1.82) is 0 Å². The fourth-order valence-corrected chi connectivity index (χ4v) is 4.31. The average molecular weight is 546 g/mol. The Morgan fingerprint density at radius 3 is 2.48 bits per heavy atom. The summed E-state index contributed by atoms with van der Waals surface area (Å²) >= 11 is 0. The third-order valence-electron chi connectivity index (χ3n) is 6.79. The van der Waals surface area contributed by atoms with Gasteiger partial charge in [0, 0.05) is 68.4 Å². The number of para-hydroxylation sites is 1. The summed E-state index contributed by atoms with van der Waals surface area (Å²) in [6.07, 6.45) is 6.65. The number of anilines is 2. The van der Waals surface area contributed by atoms with Gasteiger partial charge in [0.15, 0.2) is 5.82 Å². The molecule has 0 aliphatic heterocycles. The van der Waals surface area contributed by atoms with Crippen LogP contribution in [0.5, 0.6) is 0 Å². The molecule has 0 aliphatic carbocycles. The summed E-state index contributed by atoms with van der Waals surface area (Å²) in [7, 11) is 1.47. The maximum absolute atomic E-state index is 14.6. The normalized spacial score (nSPS) is 12.4. The van der Waals surface area contributed by atoms with Crippen LogP contribution in [-0.2, 0) is 10.2 Å². The zero-order valence-electron chi connectivity index (χ0n) is 22.9. The Bertz CT molecular complexity index is 1510. The van der Waals surface area contributed by atoms with E-state index >= 15 is 0 Å². The molecule has 0 radical (unpaired) electrons. The summed E-state index contributed by atoms with van der Waals surface area (Å²) in [5.41, 5.74) is 2.42. The zero-order valence-corrected chi connectivity index (χ0v) is 22.9. The number of amides is 2. The van der Waals surface area contributed by atoms with Gasteiger partial charge < -0.3 is 21.3 Å². The van der Waals surface area contributed by atoms with E-state index in [-0.39, 0.29) is 11.5 Å². The predicted molar refractivity (Wildman–Crippen MR) is 151 cm³/mol. The lowest BCUT2D eigenvalue weighted by Crippen LogP contribution is -2.31. The minimum absolute atomic E-state index is 0.0163. The van der Waals surface area contributed by atoms with E-state index in [1.165, 1.54) is 20.3 Å². The second-order valence-corrected chi connectivity index (χ2v) is 9.52. The van der Waals surface area contributed by atoms with E-state index in [1.807, 2.05) is 18.2 Å². The first-order valence-electron chi connectivity index (χ1n) is 12.9. The van der Waals surface area contributed by atoms with Gasteiger partial charge in [-0.1, -0.05) is 32.0 Å². The number of halogens is 1. The van der Waals surface area contributed by atoms with Crippen LogP contribution in [0.2, 0.25) is 0 Å². The highest BCUT2D eigenvalue weighted by Crippen LogP contribution is 2.34. The molecular formula is C28H32FN9O2. The highest BCUT2D eigenvalue weighted by molar-refractivity contribution is 6.06. The van der Waals surface area contributed by atoms with Gasteiger partial charge in [-0.25, -0.2) is 24.3 Å². The van der Waals surface area contributed by atoms with Crippen molar-refractivity contribution in [3.63, 3.8) is 0 Å². The molecule has 40 heavy (non-hydrogen) atoms. The molecule has 4 N–H and O–H groups in total. The molecule has 1 aromatic carbocycles. The van der Waals surface area contributed by atoms with Crippen molar-refractivity contribution in [2.24, 2.45) is 0 Å². The topological polar surface area (TPSA) is 147 Å². The monoisotopic (exact) mass is 545 g/mol. The number of carbonyl (C=O) groups is 2. The summed E-state index contributed by atoms with van der Waals surface area (Å²) < 4.78 is 14.6. The quantitative estimate of drug-likeness (QED) is 0.208. The Hall–Kier alpha value is -4.74. The van der Waals surface area contributed by atoms with Gasteiger partial charge in [-0.15, -0.1) is 0 Å². The molecule has 0 saturated carbocycles. The van der Waals surface area contributed by atoms with Crippen molar-refractivity contribution in [3.05, 3.63) is 66.1 Å². The molecule has 0 spiro atoms. The van der Waals surface area contributed by atoms with E-state index in [0.717, 1.165) is 23.7 Å². The summed E-state index contributed by atoms with van der Waals surface area (Å²) in [5.74, 6) is -0.183. The van der Waals surface area contributed by atoms with Gasteiger partial charge in [0.1, 0.15) is 12.1 Å². The third kappa shape index (κ3) is 6.28. The molecular weight excluding hydrogens is 513 g/mol. The van der Waals surface area contributed by atoms with Crippen LogP contribution in [-0.4, -0.2) is 63.4 Å². The summed E-state index contributed by atoms with van der Waals surface area (Å²) in [4.78, 5) is 45.1. The van der Waals surface area contributed by atoms with E-state index < -0.39 is 17.1 Å². The lowest BCUT2D eigenvalue weighted by atomic mass is 9.78. The van der Waals surface area contributed by atoms with Crippen LogP contribution in [0.4, 0.5) is 16.2 Å². The van der Waals surface area contributed by atoms with Gasteiger partial charge >= 0.3 is 0 Å². The van der Waals surface area contributed by atoms with Gasteiger partial charge in [0.2, 0.25) is 11.9 Å². The average Bonchev–Trinajstić information content (AvgIpc) is 2.97. The highest BCUT2D eigenvalue weighted by Gasteiger charge is 2.29. The molecule has 4 rings (SSSR count). The number of carbonyl (C=O) groups excluding carboxylic acids is 2. The number of nitrogens with one attached hydrogen (secondary N) is 4. The van der Waals surface area contributed by atoms with Gasteiger partial charge in [-0.05, 0) is 12.0 Å². The molecule has 208 valence electrons. The van der Waals surface area contributed by atoms with Crippen molar-refractivity contribution in [2.45, 2.75) is 32.6 Å². The second-order valence-electron chi connectivity index (χ2n) is 9.52. The maximum atomic E-state index is 14.6. The van der Waals surface area contributed by atoms with E-state index in [4.69, 9.17) is 0 Å². The van der Waals surface area contributed by atoms with Gasteiger partial charge in [0.05, 0.1) is 23.0 Å². The van der Waals surface area contributed by atoms with Crippen LogP contribution < -0.4 is 21.3 Å². The number of rotatable bonds is 11. The Labute approximate surface area is 231 Å². The van der Waals surface area contributed by atoms with Crippen LogP contribution in [0.25, 0.3) is 22.2 Å². The SMILES string of the molecule is CC[C@@](C)(CNc1cc(-c2cnc(NCCNC(C)=O)nc2)ncn1)c1cccc2c(C(=O)NC)c(F)cnc12. The molecule has 3 heterocycles. The lowest BCUT2D eigenvalue weighted by molar-refractivity contribution is -0.118. The summed E-state index contributed by atoms with van der Waals surface area (Å²) in [6, 6.07) is 7.31. The first-order valence-corrected chi connectivity index (χ1v) is 12.9. The smallest absolute Gasteiger partial charge is 0.254 e. The van der Waals surface area contributed by atoms with Gasteiger partial charge in [-0.3, -0.25) is 14.6 Å². The van der Waals surface area contributed by atoms with Crippen LogP contribution in [0.15, 0.2) is 49.2 Å². The lowest BCUT2D eigenvalue weighted by Gasteiger charge is -2.30. The molecule has 2 amide bonds. The molecule has 4 aromatic rings. The Morgan fingerprint density at radius 1 is 1.00 bits per heavy atom. The number of hydrogen-bond acceptors (Lipinski definition) is 9. The fourth-order valence-electron chi connectivity index (χ4n) is 4.31. The number of benzene rings is 1. The second kappa shape index (κ2) is 12.4. The van der Waals surface area contributed by atoms with Gasteiger partial charge in [0.25, 0.3) is 5.91 Å². The number of nitrogens with zero attached hydrogens (tertiary/aromatic N) is 5. The minimum Gasteiger partial charge on any atom is -0.369 e. The molecule has 0 unspecified atom stereocenters. The van der Waals surface area contributed by atoms with E-state index in [1.54, 1.807) is 18.5 Å². The third-order valence-corrected chi connectivity index (χ3v) is 6.79. The van der Waals surface area contributed by atoms with E-state index in [2.05, 4.69) is 60.0 Å². The first-order chi connectivity index (χ1) is 19.3. The minimum atomic E-state index is -0.661. The van der Waals surface area contributed by atoms with Crippen molar-refractivity contribution in [2.75, 3.05) is 37.3 Å². The number of aromatic nitrogens is 5. The van der Waals surface area contributed by atoms with Crippen molar-refractivity contribution < 1.29 is 14.0 Å². The predicted octanol–water partition coefficient (Wildman–Crippen LogP) is 3.31. The van der Waals surface area contributed by atoms with Crippen LogP contribution >= 0.6 is 0 Å². The highest BCUT2D eigenvalue weighted by atomic mass is 19.1. The fraction of sp³-hybridized carbons (Fsp3) is 0.321. The molecule has 0 saturated heterocycles. The van der Waals surface area contributed by atoms with Crippen molar-refractivity contribution in [1.82, 2.24) is 35.6 Å². The zero-order chi connectivity index (χ0) is 28.7. The van der Waals surface area contributed by atoms with E-state index in [0.29, 0.717) is 48.0 Å². The van der Waals surface area contributed by atoms with Crippen molar-refractivity contribution >= 4 is 34.5 Å². The Kier molecular flexibility index (Phi) is 8.77. The summed E-state index contributed by atoms with van der Waals surface area (Å²) in [6.45, 7) is 7.10. The maximum Gasteiger partial charge on any atom is 0.254 e. The molecule has 0 fully saturated rings. The Morgan fingerprint density at radius 2 is 1.77 bits per heavy atom. The molecule has 0 aliphatic rings. The molecule has 12 heteroatoms. The molecule has 0 bridgehead atoms. The van der Waals surface area contributed by atoms with Crippen LogP contribution in [0, 0.1) is 5.82 Å². The van der Waals surface area contributed by atoms with Crippen molar-refractivity contribution in [3.8, 4) is 11.3 Å². The van der Waals surface area contributed by atoms with Crippen LogP contribution in [0.3, 0.4) is 0 Å². The Balaban J connectivity index is 1.52. The molecule has 1 atom stereocenters. The largest absolute Gasteiger partial charge is 0.369 e.